The Kier molecular flexibility index (Phi) is 11.2. The molecule has 50 heavy (non-hydrogen) atoms. The third-order valence-electron chi connectivity index (χ3n) is 10.2. The highest BCUT2D eigenvalue weighted by Gasteiger charge is 2.56. The maximum absolute atomic E-state index is 14.5. The van der Waals surface area contributed by atoms with Gasteiger partial charge in [-0.25, -0.2) is 8.78 Å². The van der Waals surface area contributed by atoms with Gasteiger partial charge < -0.3 is 25.3 Å². The molecule has 1 spiro atoms. The number of hydrogen-bond donors (Lipinski definition) is 2. The lowest BCUT2D eigenvalue weighted by Crippen LogP contribution is -2.62. The molecule has 3 heterocycles. The van der Waals surface area contributed by atoms with Crippen molar-refractivity contribution in [3.63, 3.8) is 0 Å². The quantitative estimate of drug-likeness (QED) is 0.320. The lowest BCUT2D eigenvalue weighted by atomic mass is 9.84. The molecule has 0 unspecified atom stereocenters. The standard InChI is InChI=1S/C36H48ClF2N5O6/c1-5-10-25(29(46)32(48)43-20-36(38,39)21-43)40-31(47)27-18-35(17-26(42-50-35)23-13-9-14-24(37)16-23)19-44(27)33(49)30(34(2,3)4)41-28(45)15-22-11-7-6-8-12-22/h9,13-14,16,22,25,27,30H,5-8,10-12,15,17-21H2,1-4H3,(H,40,47)(H,41,45)/t25-,27-,30+,35+/m0/s1. The third kappa shape index (κ3) is 8.63. The van der Waals surface area contributed by atoms with Crippen LogP contribution in [0.15, 0.2) is 29.4 Å². The first-order valence-corrected chi connectivity index (χ1v) is 18.0. The average molecular weight is 720 g/mol. The van der Waals surface area contributed by atoms with E-state index < -0.39 is 71.7 Å². The molecule has 3 fully saturated rings. The molecule has 1 aliphatic carbocycles. The van der Waals surface area contributed by atoms with Crippen LogP contribution in [-0.2, 0) is 28.8 Å². The number of ketones is 1. The van der Waals surface area contributed by atoms with E-state index >= 15 is 0 Å². The van der Waals surface area contributed by atoms with Crippen LogP contribution in [0, 0.1) is 11.3 Å². The van der Waals surface area contributed by atoms with E-state index in [1.165, 1.54) is 4.90 Å². The van der Waals surface area contributed by atoms with Crippen molar-refractivity contribution in [2.75, 3.05) is 19.6 Å². The molecular weight excluding hydrogens is 672 g/mol. The zero-order valence-electron chi connectivity index (χ0n) is 29.2. The Bertz CT molecular complexity index is 1520. The van der Waals surface area contributed by atoms with Crippen LogP contribution in [-0.4, -0.2) is 94.2 Å². The van der Waals surface area contributed by atoms with Crippen molar-refractivity contribution >= 4 is 46.7 Å². The molecule has 11 nitrogen and oxygen atoms in total. The first kappa shape index (κ1) is 37.6. The molecule has 0 radical (unpaired) electrons. The predicted octanol–water partition coefficient (Wildman–Crippen LogP) is 4.64. The minimum Gasteiger partial charge on any atom is -0.387 e. The van der Waals surface area contributed by atoms with Crippen LogP contribution in [0.4, 0.5) is 8.78 Å². The molecule has 14 heteroatoms. The summed E-state index contributed by atoms with van der Waals surface area (Å²) in [4.78, 5) is 76.2. The highest BCUT2D eigenvalue weighted by atomic mass is 35.5. The minimum atomic E-state index is -3.05. The monoisotopic (exact) mass is 719 g/mol. The SMILES string of the molecule is CCC[C@H](NC(=O)[C@@H]1C[C@]2(CC(c3cccc(Cl)c3)=NO2)CN1C(=O)[C@@H](NC(=O)CC1CCCCC1)C(C)(C)C)C(=O)C(=O)N1CC(F)(F)C1. The van der Waals surface area contributed by atoms with E-state index in [2.05, 4.69) is 15.8 Å². The van der Waals surface area contributed by atoms with Gasteiger partial charge in [0.15, 0.2) is 5.60 Å². The number of Topliss-reactive ketones (excluding diaryl/α,β-unsaturated/α-hetero) is 1. The number of halogens is 3. The number of hydrogen-bond acceptors (Lipinski definition) is 7. The highest BCUT2D eigenvalue weighted by molar-refractivity contribution is 6.38. The molecule has 1 aromatic carbocycles. The lowest BCUT2D eigenvalue weighted by Gasteiger charge is -2.38. The fraction of sp³-hybridized carbons (Fsp3) is 0.667. The fourth-order valence-corrected chi connectivity index (χ4v) is 7.62. The van der Waals surface area contributed by atoms with Gasteiger partial charge in [0.2, 0.25) is 23.5 Å². The molecule has 3 aliphatic heterocycles. The van der Waals surface area contributed by atoms with Crippen molar-refractivity contribution in [1.82, 2.24) is 20.4 Å². The van der Waals surface area contributed by atoms with Gasteiger partial charge >= 0.3 is 0 Å². The van der Waals surface area contributed by atoms with Gasteiger partial charge in [-0.3, -0.25) is 24.0 Å². The molecule has 4 amide bonds. The van der Waals surface area contributed by atoms with Gasteiger partial charge in [-0.2, -0.15) is 0 Å². The molecule has 2 saturated heterocycles. The summed E-state index contributed by atoms with van der Waals surface area (Å²) in [6, 6.07) is 3.68. The second kappa shape index (κ2) is 14.9. The van der Waals surface area contributed by atoms with E-state index in [1.807, 2.05) is 26.8 Å². The third-order valence-corrected chi connectivity index (χ3v) is 10.4. The number of oxime groups is 1. The van der Waals surface area contributed by atoms with Gasteiger partial charge in [-0.1, -0.05) is 82.3 Å². The van der Waals surface area contributed by atoms with E-state index in [4.69, 9.17) is 16.4 Å². The van der Waals surface area contributed by atoms with E-state index in [1.54, 1.807) is 25.1 Å². The summed E-state index contributed by atoms with van der Waals surface area (Å²) >= 11 is 6.22. The molecule has 2 N–H and O–H groups in total. The first-order chi connectivity index (χ1) is 23.5. The maximum atomic E-state index is 14.5. The summed E-state index contributed by atoms with van der Waals surface area (Å²) < 4.78 is 26.9. The number of rotatable bonds is 11. The van der Waals surface area contributed by atoms with Crippen molar-refractivity contribution in [3.05, 3.63) is 34.9 Å². The number of nitrogens with zero attached hydrogens (tertiary/aromatic N) is 3. The summed E-state index contributed by atoms with van der Waals surface area (Å²) in [6.07, 6.45) is 6.31. The Labute approximate surface area is 296 Å². The van der Waals surface area contributed by atoms with E-state index in [0.717, 1.165) is 42.6 Å². The fourth-order valence-electron chi connectivity index (χ4n) is 7.43. The van der Waals surface area contributed by atoms with Crippen LogP contribution in [0.25, 0.3) is 0 Å². The second-order valence-corrected chi connectivity index (χ2v) is 15.9. The van der Waals surface area contributed by atoms with E-state index in [9.17, 15) is 32.8 Å². The zero-order chi connectivity index (χ0) is 36.4. The van der Waals surface area contributed by atoms with Crippen molar-refractivity contribution in [1.29, 1.82) is 0 Å². The summed E-state index contributed by atoms with van der Waals surface area (Å²) in [5, 5.41) is 10.5. The number of alkyl halides is 2. The van der Waals surface area contributed by atoms with Crippen molar-refractivity contribution in [2.45, 2.75) is 122 Å². The maximum Gasteiger partial charge on any atom is 0.292 e. The topological polar surface area (TPSA) is 137 Å². The van der Waals surface area contributed by atoms with Crippen LogP contribution in [0.2, 0.25) is 5.02 Å². The lowest BCUT2D eigenvalue weighted by molar-refractivity contribution is -0.170. The van der Waals surface area contributed by atoms with Crippen LogP contribution in [0.1, 0.15) is 97.5 Å². The Balaban J connectivity index is 1.38. The Morgan fingerprint density at radius 3 is 2.38 bits per heavy atom. The minimum absolute atomic E-state index is 0.0182. The Morgan fingerprint density at radius 1 is 1.06 bits per heavy atom. The van der Waals surface area contributed by atoms with Gasteiger partial charge in [-0.15, -0.1) is 0 Å². The molecule has 4 aliphatic rings. The summed E-state index contributed by atoms with van der Waals surface area (Å²) in [5.74, 6) is -6.28. The number of carbonyl (C=O) groups excluding carboxylic acids is 5. The van der Waals surface area contributed by atoms with E-state index in [0.29, 0.717) is 23.6 Å². The van der Waals surface area contributed by atoms with Crippen molar-refractivity contribution in [2.24, 2.45) is 16.5 Å². The molecular formula is C36H48ClF2N5O6. The Hall–Kier alpha value is -3.61. The van der Waals surface area contributed by atoms with Crippen molar-refractivity contribution < 1.29 is 37.6 Å². The molecule has 0 aromatic heterocycles. The Morgan fingerprint density at radius 2 is 1.76 bits per heavy atom. The summed E-state index contributed by atoms with van der Waals surface area (Å²) in [7, 11) is 0. The smallest absolute Gasteiger partial charge is 0.292 e. The number of benzene rings is 1. The second-order valence-electron chi connectivity index (χ2n) is 15.5. The normalized spacial score (nSPS) is 24.5. The first-order valence-electron chi connectivity index (χ1n) is 17.6. The largest absolute Gasteiger partial charge is 0.387 e. The molecule has 5 rings (SSSR count). The molecule has 0 bridgehead atoms. The molecule has 4 atom stereocenters. The van der Waals surface area contributed by atoms with Crippen LogP contribution >= 0.6 is 11.6 Å². The van der Waals surface area contributed by atoms with Gasteiger partial charge in [0.1, 0.15) is 12.1 Å². The van der Waals surface area contributed by atoms with Crippen LogP contribution in [0.5, 0.6) is 0 Å². The predicted molar refractivity (Wildman–Crippen MR) is 182 cm³/mol. The summed E-state index contributed by atoms with van der Waals surface area (Å²) in [6.45, 7) is 5.53. The highest BCUT2D eigenvalue weighted by Crippen LogP contribution is 2.40. The number of carbonyl (C=O) groups is 5. The van der Waals surface area contributed by atoms with Crippen LogP contribution < -0.4 is 10.6 Å². The number of likely N-dealkylation sites (tertiary alicyclic amines) is 2. The summed E-state index contributed by atoms with van der Waals surface area (Å²) in [5.41, 5.74) is -0.509. The van der Waals surface area contributed by atoms with Gasteiger partial charge in [0.25, 0.3) is 11.8 Å². The van der Waals surface area contributed by atoms with Crippen molar-refractivity contribution in [3.8, 4) is 0 Å². The van der Waals surface area contributed by atoms with Gasteiger partial charge in [0.05, 0.1) is 31.4 Å². The molecule has 274 valence electrons. The zero-order valence-corrected chi connectivity index (χ0v) is 30.0. The number of amides is 4. The molecule has 1 saturated carbocycles. The van der Waals surface area contributed by atoms with Gasteiger partial charge in [0, 0.05) is 29.8 Å². The van der Waals surface area contributed by atoms with Crippen LogP contribution in [0.3, 0.4) is 0 Å². The number of nitrogens with one attached hydrogen (secondary N) is 2. The van der Waals surface area contributed by atoms with Gasteiger partial charge in [-0.05, 0) is 42.7 Å². The van der Waals surface area contributed by atoms with E-state index in [-0.39, 0.29) is 37.6 Å². The average Bonchev–Trinajstić information content (AvgIpc) is 3.64. The molecule has 1 aromatic rings.